The van der Waals surface area contributed by atoms with E-state index in [4.69, 9.17) is 23.2 Å². The van der Waals surface area contributed by atoms with Gasteiger partial charge in [0.2, 0.25) is 0 Å². The first-order valence-electron chi connectivity index (χ1n) is 22.3. The minimum atomic E-state index is -2.02. The number of Topliss-reactive ketones (excluding diaryl/α,β-unsaturated/α-hetero) is 1. The van der Waals surface area contributed by atoms with Gasteiger partial charge in [-0.1, -0.05) is 65.1 Å². The zero-order valence-corrected chi connectivity index (χ0v) is 44.7. The Morgan fingerprint density at radius 3 is 1.38 bits per heavy atom. The number of nitrogens with zero attached hydrogens (tertiary/aromatic N) is 15. The molecule has 0 aliphatic rings. The summed E-state index contributed by atoms with van der Waals surface area (Å²) in [5, 5.41) is 33.6. The molecular formula is C48H40BrCl3F9N15O3. The molecule has 0 aliphatic heterocycles. The average Bonchev–Trinajstić information content (AvgIpc) is 4.36. The van der Waals surface area contributed by atoms with Crippen LogP contribution in [-0.4, -0.2) is 90.2 Å². The molecule has 6 aromatic heterocycles. The highest BCUT2D eigenvalue weighted by molar-refractivity contribution is 9.09. The van der Waals surface area contributed by atoms with Crippen LogP contribution in [-0.2, 0) is 30.8 Å². The van der Waals surface area contributed by atoms with Gasteiger partial charge in [0.05, 0.1) is 46.8 Å². The second-order valence-corrected chi connectivity index (χ2v) is 18.6. The number of aliphatic hydroxyl groups is 2. The first-order chi connectivity index (χ1) is 37.0. The van der Waals surface area contributed by atoms with Crippen LogP contribution in [0.25, 0.3) is 0 Å². The molecule has 31 heteroatoms. The number of ketones is 1. The van der Waals surface area contributed by atoms with Gasteiger partial charge in [-0.15, -0.1) is 12.4 Å². The van der Waals surface area contributed by atoms with Crippen LogP contribution in [0.2, 0.25) is 10.3 Å². The number of halogens is 13. The highest BCUT2D eigenvalue weighted by atomic mass is 79.9. The standard InChI is InChI=1S/C16H13ClF3N5O.C16H14F3N5O.C10H7F2N3O.C6H5BrClFN2.ClH/c1-9(14-13(20)15(17)23-7-22-14)16(26,5-25-8-21-6-24-25)11-3-2-10(18)4-12(11)19;1-10(15-14(19)5-20-7-22-15)16(25,6-24-9-21-8-23-24)12-3-2-11(17)4-13(12)18;11-7-1-2-8(9(12)3-7)10(16)4-15-6-13-5-14-15;1-3(7)5-4(9)6(8)11-2-10-5;/h2-4,6-9,26H,5H2,1H3;2-5,7-10,25H,6H2,1H3;1-3,5-6H,4H2;2-3H,1H3;1H. The highest BCUT2D eigenvalue weighted by Gasteiger charge is 2.43. The van der Waals surface area contributed by atoms with E-state index in [1.54, 1.807) is 6.92 Å². The Morgan fingerprint density at radius 2 is 0.962 bits per heavy atom. The summed E-state index contributed by atoms with van der Waals surface area (Å²) in [7, 11) is 0. The zero-order valence-electron chi connectivity index (χ0n) is 40.8. The van der Waals surface area contributed by atoms with E-state index in [0.29, 0.717) is 18.2 Å². The minimum absolute atomic E-state index is 0. The maximum absolute atomic E-state index is 14.4. The Kier molecular flexibility index (Phi) is 22.1. The molecule has 9 rings (SSSR count). The summed E-state index contributed by atoms with van der Waals surface area (Å²) in [6, 6.07) is 8.36. The summed E-state index contributed by atoms with van der Waals surface area (Å²) in [4.78, 5) is 44.6. The molecule has 2 N–H and O–H groups in total. The van der Waals surface area contributed by atoms with Crippen molar-refractivity contribution >= 4 is 57.3 Å². The smallest absolute Gasteiger partial charge is 0.187 e. The molecule has 0 fully saturated rings. The Bertz CT molecular complexity index is 3440. The summed E-state index contributed by atoms with van der Waals surface area (Å²) < 4.78 is 126. The number of hydrogen-bond donors (Lipinski definition) is 2. The number of hydrogen-bond acceptors (Lipinski definition) is 15. The van der Waals surface area contributed by atoms with Gasteiger partial charge in [-0.05, 0) is 31.2 Å². The van der Waals surface area contributed by atoms with Crippen LogP contribution in [0.15, 0.2) is 118 Å². The van der Waals surface area contributed by atoms with Crippen LogP contribution in [0.5, 0.6) is 0 Å². The maximum Gasteiger partial charge on any atom is 0.187 e. The normalized spacial score (nSPS) is 13.5. The third-order valence-corrected chi connectivity index (χ3v) is 12.4. The van der Waals surface area contributed by atoms with Crippen LogP contribution in [0, 0.1) is 52.4 Å². The predicted octanol–water partition coefficient (Wildman–Crippen LogP) is 9.59. The fourth-order valence-corrected chi connectivity index (χ4v) is 7.97. The quantitative estimate of drug-likeness (QED) is 0.0447. The molecular weight excluding hydrogens is 1190 g/mol. The van der Waals surface area contributed by atoms with Gasteiger partial charge in [-0.3, -0.25) is 4.79 Å². The SMILES string of the molecule is CC(Br)c1ncnc(Cl)c1F.CC(c1ncnc(Cl)c1F)C(O)(Cn1cncn1)c1ccc(F)cc1F.CC(c1ncncc1F)C(O)(Cn1cncn1)c1ccc(F)cc1F.Cl.O=C(Cn1cncn1)c1ccc(F)cc1F. The van der Waals surface area contributed by atoms with Crippen molar-refractivity contribution in [3.63, 3.8) is 0 Å². The van der Waals surface area contributed by atoms with E-state index >= 15 is 0 Å². The van der Waals surface area contributed by atoms with E-state index in [1.807, 2.05) is 0 Å². The van der Waals surface area contributed by atoms with Gasteiger partial charge >= 0.3 is 0 Å². The van der Waals surface area contributed by atoms with Gasteiger partial charge in [0.25, 0.3) is 0 Å². The molecule has 0 saturated heterocycles. The summed E-state index contributed by atoms with van der Waals surface area (Å²) in [5.74, 6) is -9.89. The molecule has 0 aliphatic carbocycles. The van der Waals surface area contributed by atoms with Gasteiger partial charge in [-0.2, -0.15) is 15.3 Å². The summed E-state index contributed by atoms with van der Waals surface area (Å²) in [5.41, 5.74) is -4.60. The number of carbonyl (C=O) groups is 1. The summed E-state index contributed by atoms with van der Waals surface area (Å²) in [6.07, 6.45) is 12.1. The van der Waals surface area contributed by atoms with Gasteiger partial charge in [0.1, 0.15) is 110 Å². The Labute approximate surface area is 466 Å². The van der Waals surface area contributed by atoms with Crippen LogP contribution in [0.1, 0.15) is 76.0 Å². The molecule has 9 aromatic rings. The molecule has 18 nitrogen and oxygen atoms in total. The van der Waals surface area contributed by atoms with Crippen molar-refractivity contribution in [1.29, 1.82) is 0 Å². The second-order valence-electron chi connectivity index (χ2n) is 16.5. The molecule has 5 atom stereocenters. The lowest BCUT2D eigenvalue weighted by Gasteiger charge is -2.34. The average molecular weight is 1230 g/mol. The topological polar surface area (TPSA) is 227 Å². The molecule has 0 radical (unpaired) electrons. The molecule has 0 spiro atoms. The van der Waals surface area contributed by atoms with Crippen molar-refractivity contribution in [2.24, 2.45) is 0 Å². The third-order valence-electron chi connectivity index (χ3n) is 11.4. The zero-order chi connectivity index (χ0) is 56.9. The van der Waals surface area contributed by atoms with Gasteiger partial charge in [-0.25, -0.2) is 98.4 Å². The van der Waals surface area contributed by atoms with Crippen molar-refractivity contribution in [2.45, 2.75) is 68.3 Å². The van der Waals surface area contributed by atoms with E-state index < -0.39 is 86.3 Å². The maximum atomic E-state index is 14.4. The van der Waals surface area contributed by atoms with Crippen LogP contribution in [0.4, 0.5) is 39.5 Å². The third kappa shape index (κ3) is 15.7. The molecule has 6 heterocycles. The first-order valence-corrected chi connectivity index (χ1v) is 23.9. The fraction of sp³-hybridized carbons (Fsp3) is 0.229. The highest BCUT2D eigenvalue weighted by Crippen LogP contribution is 2.41. The number of rotatable bonds is 14. The molecule has 416 valence electrons. The van der Waals surface area contributed by atoms with E-state index in [1.165, 1.54) is 72.2 Å². The predicted molar refractivity (Wildman–Crippen MR) is 269 cm³/mol. The van der Waals surface area contributed by atoms with Crippen molar-refractivity contribution in [3.05, 3.63) is 214 Å². The molecule has 0 saturated carbocycles. The number of benzene rings is 3. The lowest BCUT2D eigenvalue weighted by molar-refractivity contribution is -0.0137. The molecule has 0 bridgehead atoms. The minimum Gasteiger partial charge on any atom is -0.382 e. The van der Waals surface area contributed by atoms with E-state index in [0.717, 1.165) is 55.2 Å². The second kappa shape index (κ2) is 28.0. The first kappa shape index (κ1) is 62.5. The summed E-state index contributed by atoms with van der Waals surface area (Å²) in [6.45, 7) is 4.06. The largest absolute Gasteiger partial charge is 0.382 e. The van der Waals surface area contributed by atoms with Crippen LogP contribution >= 0.6 is 51.5 Å². The van der Waals surface area contributed by atoms with E-state index in [2.05, 4.69) is 76.1 Å². The van der Waals surface area contributed by atoms with Gasteiger partial charge in [0.15, 0.2) is 33.5 Å². The Morgan fingerprint density at radius 1 is 0.544 bits per heavy atom. The molecule has 3 aromatic carbocycles. The van der Waals surface area contributed by atoms with E-state index in [9.17, 15) is 54.5 Å². The van der Waals surface area contributed by atoms with E-state index in [-0.39, 0.29) is 75.8 Å². The van der Waals surface area contributed by atoms with Crippen molar-refractivity contribution in [2.75, 3.05) is 0 Å². The van der Waals surface area contributed by atoms with Crippen LogP contribution < -0.4 is 0 Å². The van der Waals surface area contributed by atoms with Gasteiger partial charge in [0, 0.05) is 41.2 Å². The Hall–Kier alpha value is -7.37. The Balaban J connectivity index is 0.000000202. The lowest BCUT2D eigenvalue weighted by Crippen LogP contribution is -2.39. The van der Waals surface area contributed by atoms with Crippen molar-refractivity contribution in [1.82, 2.24) is 74.2 Å². The lowest BCUT2D eigenvalue weighted by atomic mass is 9.79. The van der Waals surface area contributed by atoms with Crippen LogP contribution in [0.3, 0.4) is 0 Å². The van der Waals surface area contributed by atoms with Gasteiger partial charge < -0.3 is 10.2 Å². The number of alkyl halides is 1. The van der Waals surface area contributed by atoms with Crippen molar-refractivity contribution in [3.8, 4) is 0 Å². The monoisotopic (exact) mass is 1230 g/mol. The molecule has 0 amide bonds. The summed E-state index contributed by atoms with van der Waals surface area (Å²) >= 11 is 14.3. The molecule has 79 heavy (non-hydrogen) atoms. The van der Waals surface area contributed by atoms with Crippen molar-refractivity contribution < 1.29 is 54.5 Å². The molecule has 5 unspecified atom stereocenters. The number of carbonyl (C=O) groups excluding carboxylic acids is 1. The number of aromatic nitrogens is 15. The fourth-order valence-electron chi connectivity index (χ4n) is 7.37.